The number of ether oxygens (including phenoxy) is 2. The Bertz CT molecular complexity index is 635. The van der Waals surface area contributed by atoms with Crippen LogP contribution in [0.5, 0.6) is 0 Å². The number of aryl methyl sites for hydroxylation is 1. The number of rotatable bonds is 6. The third kappa shape index (κ3) is 4.32. The Balaban J connectivity index is 2.26. The summed E-state index contributed by atoms with van der Waals surface area (Å²) in [6, 6.07) is 6.64. The summed E-state index contributed by atoms with van der Waals surface area (Å²) >= 11 is 0. The molecule has 0 amide bonds. The molecule has 1 fully saturated rings. The second kappa shape index (κ2) is 6.51. The SMILES string of the molecule is CCCC(C)(OS(=O)(=O)c1ccc(C)cc1)C1COC(C)(C)O1. The van der Waals surface area contributed by atoms with Crippen LogP contribution in [-0.4, -0.2) is 32.5 Å². The molecule has 2 atom stereocenters. The van der Waals surface area contributed by atoms with Crippen molar-refractivity contribution >= 4 is 10.1 Å². The Morgan fingerprint density at radius 2 is 1.91 bits per heavy atom. The van der Waals surface area contributed by atoms with E-state index in [0.29, 0.717) is 13.0 Å². The van der Waals surface area contributed by atoms with Crippen molar-refractivity contribution in [3.05, 3.63) is 29.8 Å². The molecule has 0 aliphatic carbocycles. The van der Waals surface area contributed by atoms with Crippen molar-refractivity contribution in [3.8, 4) is 0 Å². The number of hydrogen-bond donors (Lipinski definition) is 0. The van der Waals surface area contributed by atoms with E-state index in [9.17, 15) is 8.42 Å². The summed E-state index contributed by atoms with van der Waals surface area (Å²) in [5, 5.41) is 0. The van der Waals surface area contributed by atoms with E-state index in [2.05, 4.69) is 0 Å². The normalized spacial score (nSPS) is 23.6. The topological polar surface area (TPSA) is 61.8 Å². The van der Waals surface area contributed by atoms with Crippen molar-refractivity contribution in [2.24, 2.45) is 0 Å². The summed E-state index contributed by atoms with van der Waals surface area (Å²) in [6.07, 6.45) is 0.903. The summed E-state index contributed by atoms with van der Waals surface area (Å²) in [5.41, 5.74) is 0.0289. The van der Waals surface area contributed by atoms with Crippen molar-refractivity contribution < 1.29 is 22.1 Å². The summed E-state index contributed by atoms with van der Waals surface area (Å²) in [6.45, 7) is 9.61. The van der Waals surface area contributed by atoms with Crippen molar-refractivity contribution in [1.29, 1.82) is 0 Å². The van der Waals surface area contributed by atoms with Gasteiger partial charge in [0, 0.05) is 0 Å². The van der Waals surface area contributed by atoms with Gasteiger partial charge in [0.05, 0.1) is 11.5 Å². The molecule has 1 heterocycles. The highest BCUT2D eigenvalue weighted by atomic mass is 32.2. The summed E-state index contributed by atoms with van der Waals surface area (Å²) in [4.78, 5) is 0.156. The van der Waals surface area contributed by atoms with Crippen LogP contribution in [0.4, 0.5) is 0 Å². The predicted molar refractivity (Wildman–Crippen MR) is 87.7 cm³/mol. The fraction of sp³-hybridized carbons (Fsp3) is 0.647. The van der Waals surface area contributed by atoms with E-state index in [1.807, 2.05) is 27.7 Å². The van der Waals surface area contributed by atoms with Crippen LogP contribution in [-0.2, 0) is 23.8 Å². The molecule has 2 unspecified atom stereocenters. The van der Waals surface area contributed by atoms with Crippen LogP contribution in [0, 0.1) is 6.92 Å². The van der Waals surface area contributed by atoms with Crippen LogP contribution in [0.3, 0.4) is 0 Å². The molecule has 23 heavy (non-hydrogen) atoms. The monoisotopic (exact) mass is 342 g/mol. The first-order valence-corrected chi connectivity index (χ1v) is 9.33. The van der Waals surface area contributed by atoms with Gasteiger partial charge in [-0.05, 0) is 46.2 Å². The molecule has 0 bridgehead atoms. The number of benzene rings is 1. The van der Waals surface area contributed by atoms with Gasteiger partial charge in [-0.2, -0.15) is 8.42 Å². The molecule has 0 spiro atoms. The second-order valence-electron chi connectivity index (χ2n) is 6.73. The van der Waals surface area contributed by atoms with Crippen LogP contribution in [0.1, 0.15) is 46.1 Å². The van der Waals surface area contributed by atoms with Crippen molar-refractivity contribution in [3.63, 3.8) is 0 Å². The predicted octanol–water partition coefficient (Wildman–Crippen LogP) is 3.41. The van der Waals surface area contributed by atoms with E-state index in [1.54, 1.807) is 31.2 Å². The molecule has 1 aliphatic rings. The summed E-state index contributed by atoms with van der Waals surface area (Å²) in [7, 11) is -3.87. The lowest BCUT2D eigenvalue weighted by molar-refractivity contribution is -0.162. The summed E-state index contributed by atoms with van der Waals surface area (Å²) < 4.78 is 42.3. The Labute approximate surface area is 139 Å². The lowest BCUT2D eigenvalue weighted by Crippen LogP contribution is -2.45. The molecule has 1 aromatic rings. The maximum absolute atomic E-state index is 12.6. The van der Waals surface area contributed by atoms with E-state index in [1.165, 1.54) is 0 Å². The van der Waals surface area contributed by atoms with Gasteiger partial charge < -0.3 is 9.47 Å². The minimum atomic E-state index is -3.87. The maximum atomic E-state index is 12.6. The smallest absolute Gasteiger partial charge is 0.297 e. The average molecular weight is 342 g/mol. The van der Waals surface area contributed by atoms with Crippen LogP contribution in [0.2, 0.25) is 0 Å². The summed E-state index contributed by atoms with van der Waals surface area (Å²) in [5.74, 6) is -0.726. The van der Waals surface area contributed by atoms with Crippen molar-refractivity contribution in [1.82, 2.24) is 0 Å². The Kier molecular flexibility index (Phi) is 5.21. The zero-order chi connectivity index (χ0) is 17.3. The zero-order valence-electron chi connectivity index (χ0n) is 14.5. The molecule has 0 saturated carbocycles. The Hall–Kier alpha value is -0.950. The molecule has 1 aliphatic heterocycles. The standard InChI is InChI=1S/C17H26O5S/c1-6-11-17(5,15-12-20-16(3,4)21-15)22-23(18,19)14-9-7-13(2)8-10-14/h7-10,15H,6,11-12H2,1-5H3. The largest absolute Gasteiger partial charge is 0.348 e. The maximum Gasteiger partial charge on any atom is 0.297 e. The lowest BCUT2D eigenvalue weighted by Gasteiger charge is -2.33. The van der Waals surface area contributed by atoms with Gasteiger partial charge in [0.2, 0.25) is 0 Å². The zero-order valence-corrected chi connectivity index (χ0v) is 15.3. The number of hydrogen-bond acceptors (Lipinski definition) is 5. The lowest BCUT2D eigenvalue weighted by atomic mass is 9.94. The van der Waals surface area contributed by atoms with Crippen molar-refractivity contribution in [2.45, 2.75) is 69.8 Å². The van der Waals surface area contributed by atoms with Gasteiger partial charge in [0.25, 0.3) is 10.1 Å². The fourth-order valence-electron chi connectivity index (χ4n) is 2.74. The third-order valence-corrected chi connectivity index (χ3v) is 5.50. The second-order valence-corrected chi connectivity index (χ2v) is 8.28. The highest BCUT2D eigenvalue weighted by Gasteiger charge is 2.47. The van der Waals surface area contributed by atoms with Crippen LogP contribution in [0.25, 0.3) is 0 Å². The van der Waals surface area contributed by atoms with Gasteiger partial charge >= 0.3 is 0 Å². The van der Waals surface area contributed by atoms with Gasteiger partial charge in [0.1, 0.15) is 11.7 Å². The molecule has 5 nitrogen and oxygen atoms in total. The molecule has 130 valence electrons. The third-order valence-electron chi connectivity index (χ3n) is 4.05. The first kappa shape index (κ1) is 18.4. The van der Waals surface area contributed by atoms with Gasteiger partial charge in [0.15, 0.2) is 5.79 Å². The molecule has 6 heteroatoms. The van der Waals surface area contributed by atoms with Gasteiger partial charge in [-0.25, -0.2) is 0 Å². The van der Waals surface area contributed by atoms with Crippen molar-refractivity contribution in [2.75, 3.05) is 6.61 Å². The van der Waals surface area contributed by atoms with E-state index in [4.69, 9.17) is 13.7 Å². The van der Waals surface area contributed by atoms with Crippen LogP contribution < -0.4 is 0 Å². The quantitative estimate of drug-likeness (QED) is 0.741. The van der Waals surface area contributed by atoms with Gasteiger partial charge in [-0.15, -0.1) is 0 Å². The van der Waals surface area contributed by atoms with E-state index in [0.717, 1.165) is 12.0 Å². The molecule has 2 rings (SSSR count). The van der Waals surface area contributed by atoms with Gasteiger partial charge in [-0.1, -0.05) is 31.0 Å². The molecule has 0 aromatic heterocycles. The van der Waals surface area contributed by atoms with Crippen LogP contribution in [0.15, 0.2) is 29.2 Å². The first-order valence-electron chi connectivity index (χ1n) is 7.92. The molecular formula is C17H26O5S. The molecule has 0 N–H and O–H groups in total. The molecule has 1 aromatic carbocycles. The first-order chi connectivity index (χ1) is 10.6. The molecule has 0 radical (unpaired) electrons. The fourth-order valence-corrected chi connectivity index (χ4v) is 4.00. The molecule has 1 saturated heterocycles. The molecular weight excluding hydrogens is 316 g/mol. The minimum absolute atomic E-state index is 0.156. The van der Waals surface area contributed by atoms with Gasteiger partial charge in [-0.3, -0.25) is 4.18 Å². The minimum Gasteiger partial charge on any atom is -0.348 e. The average Bonchev–Trinajstić information content (AvgIpc) is 2.80. The van der Waals surface area contributed by atoms with Crippen LogP contribution >= 0.6 is 0 Å². The van der Waals surface area contributed by atoms with E-state index < -0.39 is 27.6 Å². The highest BCUT2D eigenvalue weighted by Crippen LogP contribution is 2.36. The Morgan fingerprint density at radius 1 is 1.30 bits per heavy atom. The van der Waals surface area contributed by atoms with E-state index in [-0.39, 0.29) is 4.90 Å². The Morgan fingerprint density at radius 3 is 2.39 bits per heavy atom. The van der Waals surface area contributed by atoms with E-state index >= 15 is 0 Å². The highest BCUT2D eigenvalue weighted by molar-refractivity contribution is 7.86.